The number of amides is 1. The number of likely N-dealkylation sites (N-methyl/N-ethyl adjacent to an activating group) is 1. The lowest BCUT2D eigenvalue weighted by atomic mass is 10.2. The van der Waals surface area contributed by atoms with Crippen molar-refractivity contribution in [2.45, 2.75) is 30.3 Å². The zero-order valence-corrected chi connectivity index (χ0v) is 14.4. The third-order valence-electron chi connectivity index (χ3n) is 3.91. The van der Waals surface area contributed by atoms with Crippen LogP contribution in [0.1, 0.15) is 11.4 Å². The number of hydrogen-bond donors (Lipinski definition) is 2. The Bertz CT molecular complexity index is 862. The van der Waals surface area contributed by atoms with E-state index in [-0.39, 0.29) is 23.4 Å². The first-order valence-electron chi connectivity index (χ1n) is 7.19. The minimum Gasteiger partial charge on any atom is -0.358 e. The van der Waals surface area contributed by atoms with Gasteiger partial charge in [-0.15, -0.1) is 11.3 Å². The first kappa shape index (κ1) is 16.3. The molecule has 1 amide bonds. The van der Waals surface area contributed by atoms with Gasteiger partial charge in [-0.3, -0.25) is 4.79 Å². The van der Waals surface area contributed by atoms with Crippen LogP contribution in [0, 0.1) is 6.92 Å². The molecule has 1 fully saturated rings. The van der Waals surface area contributed by atoms with E-state index in [2.05, 4.69) is 10.3 Å². The highest BCUT2D eigenvalue weighted by atomic mass is 32.2. The summed E-state index contributed by atoms with van der Waals surface area (Å²) in [5, 5.41) is 3.38. The minimum absolute atomic E-state index is 0.139. The lowest BCUT2D eigenvalue weighted by Gasteiger charge is -2.22. The molecule has 1 aromatic carbocycles. The van der Waals surface area contributed by atoms with E-state index in [1.807, 2.05) is 6.92 Å². The zero-order chi connectivity index (χ0) is 16.8. The number of sulfonamides is 1. The molecular formula is C14H18N4O3S2. The van der Waals surface area contributed by atoms with Gasteiger partial charge in [-0.25, -0.2) is 13.4 Å². The van der Waals surface area contributed by atoms with Gasteiger partial charge in [0, 0.05) is 19.6 Å². The van der Waals surface area contributed by atoms with Gasteiger partial charge >= 0.3 is 0 Å². The Balaban J connectivity index is 2.02. The molecule has 2 atom stereocenters. The fourth-order valence-electron chi connectivity index (χ4n) is 2.82. The Kier molecular flexibility index (Phi) is 4.13. The Morgan fingerprint density at radius 2 is 2.22 bits per heavy atom. The highest BCUT2D eigenvalue weighted by molar-refractivity contribution is 7.89. The van der Waals surface area contributed by atoms with Gasteiger partial charge in [-0.2, -0.15) is 4.31 Å². The Morgan fingerprint density at radius 1 is 1.48 bits per heavy atom. The number of carbonyl (C=O) groups is 1. The molecule has 2 heterocycles. The lowest BCUT2D eigenvalue weighted by Crippen LogP contribution is -2.44. The lowest BCUT2D eigenvalue weighted by molar-refractivity contribution is -0.123. The summed E-state index contributed by atoms with van der Waals surface area (Å²) < 4.78 is 27.9. The number of aromatic nitrogens is 1. The molecule has 9 heteroatoms. The van der Waals surface area contributed by atoms with Crippen LogP contribution >= 0.6 is 11.3 Å². The summed E-state index contributed by atoms with van der Waals surface area (Å²) in [7, 11) is -2.30. The van der Waals surface area contributed by atoms with E-state index in [4.69, 9.17) is 5.73 Å². The molecule has 1 saturated heterocycles. The molecule has 1 aromatic heterocycles. The standard InChI is InChI=1S/C14H18N4O3S2/c1-8-17-11-4-3-10(6-13(11)22-8)23(20,21)18-7-9(15)5-12(18)14(19)16-2/h3-4,6,9,12H,5,7,15H2,1-2H3,(H,16,19)/t9-,12-/m0/s1. The number of aryl methyl sites for hydroxylation is 1. The van der Waals surface area contributed by atoms with Crippen molar-refractivity contribution in [2.75, 3.05) is 13.6 Å². The average molecular weight is 354 g/mol. The van der Waals surface area contributed by atoms with Gasteiger partial charge in [-0.1, -0.05) is 0 Å². The van der Waals surface area contributed by atoms with Crippen LogP contribution < -0.4 is 11.1 Å². The molecule has 0 saturated carbocycles. The third kappa shape index (κ3) is 2.85. The van der Waals surface area contributed by atoms with Crippen LogP contribution in [0.5, 0.6) is 0 Å². The first-order chi connectivity index (χ1) is 10.8. The molecule has 0 bridgehead atoms. The van der Waals surface area contributed by atoms with Crippen LogP contribution in [0.4, 0.5) is 0 Å². The quantitative estimate of drug-likeness (QED) is 0.832. The molecule has 124 valence electrons. The predicted octanol–water partition coefficient (Wildman–Crippen LogP) is 0.441. The van der Waals surface area contributed by atoms with Crippen LogP contribution in [0.15, 0.2) is 23.1 Å². The van der Waals surface area contributed by atoms with Crippen LogP contribution in [0.25, 0.3) is 10.2 Å². The number of thiazole rings is 1. The highest BCUT2D eigenvalue weighted by Crippen LogP contribution is 2.29. The molecule has 1 aliphatic heterocycles. The molecule has 3 rings (SSSR count). The van der Waals surface area contributed by atoms with Crippen LogP contribution in [0.2, 0.25) is 0 Å². The average Bonchev–Trinajstić information content (AvgIpc) is 3.07. The number of nitrogens with zero attached hydrogens (tertiary/aromatic N) is 2. The van der Waals surface area contributed by atoms with Gasteiger partial charge in [-0.05, 0) is 31.5 Å². The smallest absolute Gasteiger partial charge is 0.243 e. The van der Waals surface area contributed by atoms with Gasteiger partial charge in [0.1, 0.15) is 6.04 Å². The van der Waals surface area contributed by atoms with Crippen molar-refractivity contribution in [2.24, 2.45) is 5.73 Å². The van der Waals surface area contributed by atoms with Gasteiger partial charge in [0.15, 0.2) is 0 Å². The number of hydrogen-bond acceptors (Lipinski definition) is 6. The maximum absolute atomic E-state index is 12.9. The summed E-state index contributed by atoms with van der Waals surface area (Å²) >= 11 is 1.44. The van der Waals surface area contributed by atoms with E-state index < -0.39 is 16.1 Å². The van der Waals surface area contributed by atoms with Crippen molar-refractivity contribution in [3.05, 3.63) is 23.2 Å². The molecule has 23 heavy (non-hydrogen) atoms. The van der Waals surface area contributed by atoms with E-state index >= 15 is 0 Å². The topological polar surface area (TPSA) is 105 Å². The second kappa shape index (κ2) is 5.82. The van der Waals surface area contributed by atoms with Crippen molar-refractivity contribution in [1.29, 1.82) is 0 Å². The number of rotatable bonds is 3. The summed E-state index contributed by atoms with van der Waals surface area (Å²) in [5.41, 5.74) is 6.65. The molecule has 0 aliphatic carbocycles. The van der Waals surface area contributed by atoms with Crippen molar-refractivity contribution < 1.29 is 13.2 Å². The molecule has 2 aromatic rings. The van der Waals surface area contributed by atoms with E-state index in [9.17, 15) is 13.2 Å². The highest BCUT2D eigenvalue weighted by Gasteiger charge is 2.42. The summed E-state index contributed by atoms with van der Waals surface area (Å²) in [6.45, 7) is 2.01. The molecule has 7 nitrogen and oxygen atoms in total. The number of benzene rings is 1. The summed E-state index contributed by atoms with van der Waals surface area (Å²) in [6, 6.07) is 3.72. The molecule has 0 spiro atoms. The summed E-state index contributed by atoms with van der Waals surface area (Å²) in [6.07, 6.45) is 0.320. The number of carbonyl (C=O) groups excluding carboxylic acids is 1. The van der Waals surface area contributed by atoms with Crippen LogP contribution in [-0.2, 0) is 14.8 Å². The van der Waals surface area contributed by atoms with E-state index in [1.54, 1.807) is 12.1 Å². The monoisotopic (exact) mass is 354 g/mol. The first-order valence-corrected chi connectivity index (χ1v) is 9.45. The van der Waals surface area contributed by atoms with E-state index in [1.165, 1.54) is 28.8 Å². The normalized spacial score (nSPS) is 22.6. The molecule has 0 unspecified atom stereocenters. The maximum Gasteiger partial charge on any atom is 0.243 e. The van der Waals surface area contributed by atoms with Crippen molar-refractivity contribution in [1.82, 2.24) is 14.6 Å². The molecule has 0 radical (unpaired) electrons. The van der Waals surface area contributed by atoms with Gasteiger partial charge in [0.25, 0.3) is 0 Å². The van der Waals surface area contributed by atoms with Crippen molar-refractivity contribution in [3.63, 3.8) is 0 Å². The van der Waals surface area contributed by atoms with Gasteiger partial charge in [0.2, 0.25) is 15.9 Å². The summed E-state index contributed by atoms with van der Waals surface area (Å²) in [5.74, 6) is -0.337. The SMILES string of the molecule is CNC(=O)[C@@H]1C[C@H](N)CN1S(=O)(=O)c1ccc2nc(C)sc2c1. The van der Waals surface area contributed by atoms with E-state index in [0.29, 0.717) is 6.42 Å². The number of nitrogens with two attached hydrogens (primary N) is 1. The van der Waals surface area contributed by atoms with Crippen molar-refractivity contribution >= 4 is 37.5 Å². The van der Waals surface area contributed by atoms with Gasteiger partial charge in [0.05, 0.1) is 20.1 Å². The second-order valence-corrected chi connectivity index (χ2v) is 8.69. The fraction of sp³-hybridized carbons (Fsp3) is 0.429. The third-order valence-corrected chi connectivity index (χ3v) is 6.71. The molecule has 1 aliphatic rings. The molecule has 3 N–H and O–H groups in total. The van der Waals surface area contributed by atoms with E-state index in [0.717, 1.165) is 15.2 Å². The second-order valence-electron chi connectivity index (χ2n) is 5.56. The Hall–Kier alpha value is -1.55. The zero-order valence-electron chi connectivity index (χ0n) is 12.8. The van der Waals surface area contributed by atoms with Crippen LogP contribution in [0.3, 0.4) is 0 Å². The van der Waals surface area contributed by atoms with Gasteiger partial charge < -0.3 is 11.1 Å². The number of nitrogens with one attached hydrogen (secondary N) is 1. The molecular weight excluding hydrogens is 336 g/mol. The minimum atomic E-state index is -3.79. The Morgan fingerprint density at radius 3 is 2.91 bits per heavy atom. The number of fused-ring (bicyclic) bond motifs is 1. The summed E-state index contributed by atoms with van der Waals surface area (Å²) in [4.78, 5) is 16.5. The van der Waals surface area contributed by atoms with Crippen LogP contribution in [-0.4, -0.2) is 49.3 Å². The van der Waals surface area contributed by atoms with Crippen molar-refractivity contribution in [3.8, 4) is 0 Å². The Labute approximate surface area is 138 Å². The largest absolute Gasteiger partial charge is 0.358 e. The predicted molar refractivity (Wildman–Crippen MR) is 88.7 cm³/mol. The maximum atomic E-state index is 12.9. The fourth-order valence-corrected chi connectivity index (χ4v) is 5.45.